The highest BCUT2D eigenvalue weighted by Gasteiger charge is 2.42. The molecule has 1 unspecified atom stereocenters. The quantitative estimate of drug-likeness (QED) is 0.272. The maximum absolute atomic E-state index is 14.7. The van der Waals surface area contributed by atoms with Crippen LogP contribution in [0.1, 0.15) is 69.2 Å². The third-order valence-corrected chi connectivity index (χ3v) is 7.87. The van der Waals surface area contributed by atoms with Crippen LogP contribution in [0.15, 0.2) is 53.5 Å². The monoisotopic (exact) mass is 583 g/mol. The second-order valence-corrected chi connectivity index (χ2v) is 12.1. The molecule has 2 aromatic carbocycles. The molecule has 3 aromatic rings. The molecule has 0 N–H and O–H groups in total. The first-order chi connectivity index (χ1) is 19.9. The fourth-order valence-electron chi connectivity index (χ4n) is 5.68. The van der Waals surface area contributed by atoms with E-state index in [1.54, 1.807) is 49.7 Å². The molecule has 6 nitrogen and oxygen atoms in total. The number of ether oxygens (including phenoxy) is 3. The fourth-order valence-corrected chi connectivity index (χ4v) is 5.68. The van der Waals surface area contributed by atoms with Gasteiger partial charge in [-0.05, 0) is 104 Å². The van der Waals surface area contributed by atoms with Crippen LogP contribution in [0.5, 0.6) is 5.75 Å². The van der Waals surface area contributed by atoms with Crippen LogP contribution in [-0.2, 0) is 33.4 Å². The van der Waals surface area contributed by atoms with Gasteiger partial charge in [-0.2, -0.15) is 13.2 Å². The van der Waals surface area contributed by atoms with Crippen molar-refractivity contribution >= 4 is 5.97 Å². The molecule has 1 aromatic heterocycles. The first kappa shape index (κ1) is 29.9. The van der Waals surface area contributed by atoms with Crippen molar-refractivity contribution in [1.82, 2.24) is 4.57 Å². The minimum absolute atomic E-state index is 0.172. The average molecular weight is 584 g/mol. The number of carbonyl (C=O) groups excluding carboxylic acids is 1. The smallest absolute Gasteiger partial charge is 0.416 e. The molecule has 1 atom stereocenters. The van der Waals surface area contributed by atoms with Gasteiger partial charge in [-0.15, -0.1) is 0 Å². The number of benzene rings is 2. The van der Waals surface area contributed by atoms with Gasteiger partial charge in [0.2, 0.25) is 0 Å². The van der Waals surface area contributed by atoms with Crippen LogP contribution in [-0.4, -0.2) is 29.9 Å². The summed E-state index contributed by atoms with van der Waals surface area (Å²) in [7, 11) is 1.13. The lowest BCUT2D eigenvalue weighted by atomic mass is 9.84. The SMILES string of the molecule is COC(=O)C(OC(C)(C)C)c1c(C(F)(F)F)ccc(-c2ccc(=O)n(CC3CCC3)c2)c1-c1ccc2c(c1)CCCO2. The number of esters is 1. The Morgan fingerprint density at radius 2 is 1.79 bits per heavy atom. The lowest BCUT2D eigenvalue weighted by Crippen LogP contribution is -2.30. The van der Waals surface area contributed by atoms with Crippen molar-refractivity contribution in [3.63, 3.8) is 0 Å². The van der Waals surface area contributed by atoms with Crippen molar-refractivity contribution in [2.45, 2.75) is 77.3 Å². The third-order valence-electron chi connectivity index (χ3n) is 7.87. The first-order valence-corrected chi connectivity index (χ1v) is 14.3. The molecule has 2 aliphatic rings. The number of pyridine rings is 1. The zero-order valence-corrected chi connectivity index (χ0v) is 24.3. The van der Waals surface area contributed by atoms with Crippen LogP contribution < -0.4 is 10.3 Å². The van der Waals surface area contributed by atoms with Gasteiger partial charge < -0.3 is 18.8 Å². The second kappa shape index (κ2) is 11.6. The number of rotatable bonds is 7. The summed E-state index contributed by atoms with van der Waals surface area (Å²) in [4.78, 5) is 26.0. The number of aryl methyl sites for hydroxylation is 1. The fraction of sp³-hybridized carbons (Fsp3) is 0.455. The highest BCUT2D eigenvalue weighted by molar-refractivity contribution is 5.91. The van der Waals surface area contributed by atoms with E-state index >= 15 is 0 Å². The van der Waals surface area contributed by atoms with Crippen molar-refractivity contribution in [1.29, 1.82) is 0 Å². The molecule has 224 valence electrons. The maximum Gasteiger partial charge on any atom is 0.416 e. The van der Waals surface area contributed by atoms with Crippen LogP contribution in [0.4, 0.5) is 13.2 Å². The number of alkyl halides is 3. The number of fused-ring (bicyclic) bond motifs is 1. The molecule has 0 bridgehead atoms. The lowest BCUT2D eigenvalue weighted by molar-refractivity contribution is -0.166. The molecule has 9 heteroatoms. The van der Waals surface area contributed by atoms with Crippen molar-refractivity contribution < 1.29 is 32.2 Å². The molecule has 0 saturated heterocycles. The Morgan fingerprint density at radius 1 is 1.05 bits per heavy atom. The van der Waals surface area contributed by atoms with Gasteiger partial charge in [0.05, 0.1) is 24.9 Å². The predicted molar refractivity (Wildman–Crippen MR) is 153 cm³/mol. The molecule has 0 radical (unpaired) electrons. The van der Waals surface area contributed by atoms with Gasteiger partial charge in [-0.1, -0.05) is 18.6 Å². The Morgan fingerprint density at radius 3 is 2.43 bits per heavy atom. The summed E-state index contributed by atoms with van der Waals surface area (Å²) >= 11 is 0. The number of methoxy groups -OCH3 is 1. The molecule has 0 amide bonds. The molecule has 42 heavy (non-hydrogen) atoms. The Balaban J connectivity index is 1.82. The van der Waals surface area contributed by atoms with Crippen molar-refractivity contribution in [3.8, 4) is 28.0 Å². The number of halogens is 3. The molecule has 1 saturated carbocycles. The number of carbonyl (C=O) groups is 1. The summed E-state index contributed by atoms with van der Waals surface area (Å²) in [5.41, 5.74) is 0.103. The van der Waals surface area contributed by atoms with Gasteiger partial charge in [0.1, 0.15) is 5.75 Å². The van der Waals surface area contributed by atoms with Crippen LogP contribution in [0.25, 0.3) is 22.3 Å². The molecule has 2 heterocycles. The minimum Gasteiger partial charge on any atom is -0.493 e. The second-order valence-electron chi connectivity index (χ2n) is 12.1. The highest BCUT2D eigenvalue weighted by atomic mass is 19.4. The van der Waals surface area contributed by atoms with E-state index in [1.165, 1.54) is 12.1 Å². The van der Waals surface area contributed by atoms with Gasteiger partial charge in [0, 0.05) is 24.4 Å². The zero-order chi connectivity index (χ0) is 30.2. The van der Waals surface area contributed by atoms with Gasteiger partial charge in [0.15, 0.2) is 6.10 Å². The van der Waals surface area contributed by atoms with Gasteiger partial charge >= 0.3 is 12.1 Å². The van der Waals surface area contributed by atoms with Crippen LogP contribution in [0, 0.1) is 5.92 Å². The van der Waals surface area contributed by atoms with Crippen LogP contribution >= 0.6 is 0 Å². The lowest BCUT2D eigenvalue weighted by Gasteiger charge is -2.31. The van der Waals surface area contributed by atoms with E-state index in [0.717, 1.165) is 44.4 Å². The molecule has 1 aliphatic carbocycles. The number of hydrogen-bond donors (Lipinski definition) is 0. The zero-order valence-electron chi connectivity index (χ0n) is 24.3. The number of hydrogen-bond acceptors (Lipinski definition) is 5. The average Bonchev–Trinajstić information content (AvgIpc) is 2.92. The van der Waals surface area contributed by atoms with E-state index < -0.39 is 29.4 Å². The molecular weight excluding hydrogens is 547 g/mol. The number of aromatic nitrogens is 1. The number of nitrogens with zero attached hydrogens (tertiary/aromatic N) is 1. The maximum atomic E-state index is 14.7. The van der Waals surface area contributed by atoms with Crippen LogP contribution in [0.3, 0.4) is 0 Å². The first-order valence-electron chi connectivity index (χ1n) is 14.3. The molecule has 0 spiro atoms. The van der Waals surface area contributed by atoms with E-state index in [4.69, 9.17) is 14.2 Å². The standard InChI is InChI=1S/C33H36F3NO5/c1-32(2,3)42-30(31(39)40-4)29-25(33(34,35)36)13-12-24(23-11-15-27(38)37(19-23)18-20-7-5-8-20)28(29)22-10-14-26-21(17-22)9-6-16-41-26/h10-15,17,19-20,30H,5-9,16,18H2,1-4H3. The Hall–Kier alpha value is -3.59. The summed E-state index contributed by atoms with van der Waals surface area (Å²) in [6, 6.07) is 10.8. The van der Waals surface area contributed by atoms with Gasteiger partial charge in [-0.25, -0.2) is 4.79 Å². The summed E-state index contributed by atoms with van der Waals surface area (Å²) in [6.45, 7) is 6.13. The van der Waals surface area contributed by atoms with E-state index in [1.807, 2.05) is 6.07 Å². The van der Waals surface area contributed by atoms with Crippen LogP contribution in [0.2, 0.25) is 0 Å². The highest BCUT2D eigenvalue weighted by Crippen LogP contribution is 2.47. The largest absolute Gasteiger partial charge is 0.493 e. The van der Waals surface area contributed by atoms with Gasteiger partial charge in [0.25, 0.3) is 5.56 Å². The van der Waals surface area contributed by atoms with E-state index in [-0.39, 0.29) is 16.7 Å². The summed E-state index contributed by atoms with van der Waals surface area (Å²) in [5, 5.41) is 0. The molecule has 1 fully saturated rings. The Bertz CT molecular complexity index is 1530. The van der Waals surface area contributed by atoms with E-state index in [9.17, 15) is 22.8 Å². The topological polar surface area (TPSA) is 66.8 Å². The van der Waals surface area contributed by atoms with Crippen molar-refractivity contribution in [2.24, 2.45) is 5.92 Å². The van der Waals surface area contributed by atoms with E-state index in [2.05, 4.69) is 0 Å². The van der Waals surface area contributed by atoms with E-state index in [0.29, 0.717) is 47.9 Å². The Labute approximate surface area is 243 Å². The summed E-state index contributed by atoms with van der Waals surface area (Å²) in [5.74, 6) is 0.139. The van der Waals surface area contributed by atoms with Crippen molar-refractivity contribution in [2.75, 3.05) is 13.7 Å². The minimum atomic E-state index is -4.80. The predicted octanol–water partition coefficient (Wildman–Crippen LogP) is 7.36. The summed E-state index contributed by atoms with van der Waals surface area (Å²) in [6.07, 6.45) is -0.0819. The van der Waals surface area contributed by atoms with Crippen molar-refractivity contribution in [3.05, 3.63) is 75.7 Å². The Kier molecular flexibility index (Phi) is 8.25. The molecular formula is C33H36F3NO5. The summed E-state index contributed by atoms with van der Waals surface area (Å²) < 4.78 is 62.7. The normalized spacial score (nSPS) is 16.3. The molecule has 5 rings (SSSR count). The van der Waals surface area contributed by atoms with Gasteiger partial charge in [-0.3, -0.25) is 4.79 Å². The molecule has 1 aliphatic heterocycles. The third kappa shape index (κ3) is 6.26.